The Balaban J connectivity index is 1.85. The van der Waals surface area contributed by atoms with Crippen molar-refractivity contribution >= 4 is 27.0 Å². The van der Waals surface area contributed by atoms with Crippen LogP contribution in [0.5, 0.6) is 0 Å². The molecule has 4 rings (SSSR count). The van der Waals surface area contributed by atoms with Gasteiger partial charge in [-0.25, -0.2) is 17.4 Å². The maximum absolute atomic E-state index is 13.1. The van der Waals surface area contributed by atoms with E-state index in [0.29, 0.717) is 11.9 Å². The number of benzene rings is 1. The van der Waals surface area contributed by atoms with Crippen LogP contribution < -0.4 is 11.2 Å². The van der Waals surface area contributed by atoms with Crippen molar-refractivity contribution < 1.29 is 8.42 Å². The molecular weight excluding hydrogens is 376 g/mol. The fraction of sp³-hybridized carbons (Fsp3) is 0.316. The van der Waals surface area contributed by atoms with Gasteiger partial charge in [-0.2, -0.15) is 0 Å². The Bertz CT molecular complexity index is 1220. The van der Waals surface area contributed by atoms with Gasteiger partial charge in [0.15, 0.2) is 5.65 Å². The second kappa shape index (κ2) is 6.68. The van der Waals surface area contributed by atoms with Gasteiger partial charge in [0, 0.05) is 18.2 Å². The van der Waals surface area contributed by atoms with Crippen molar-refractivity contribution in [1.29, 1.82) is 10.8 Å². The number of hydrogen-bond donors (Lipinski definition) is 3. The standard InChI is InChI=1S/C19H22N6O2S/c1-12-2-6-15(7-3-12)28(26,27)24-9-8-16-19(24)23-11-17(21)25(16)18(22)13-4-5-14(20)10-13/h2-3,6-9,11,13-14,21-22H,4-5,10,20H2,1H3/t13-,14-/m1/s1. The molecule has 4 N–H and O–H groups in total. The monoisotopic (exact) mass is 398 g/mol. The van der Waals surface area contributed by atoms with Gasteiger partial charge in [0.2, 0.25) is 0 Å². The molecule has 0 unspecified atom stereocenters. The van der Waals surface area contributed by atoms with Crippen LogP contribution in [-0.4, -0.2) is 33.8 Å². The van der Waals surface area contributed by atoms with Gasteiger partial charge in [-0.05, 0) is 44.4 Å². The van der Waals surface area contributed by atoms with Crippen molar-refractivity contribution in [2.45, 2.75) is 37.1 Å². The summed E-state index contributed by atoms with van der Waals surface area (Å²) in [5.74, 6) is 0.211. The van der Waals surface area contributed by atoms with E-state index in [1.54, 1.807) is 30.3 Å². The number of aromatic nitrogens is 3. The lowest BCUT2D eigenvalue weighted by molar-refractivity contribution is 0.588. The van der Waals surface area contributed by atoms with Gasteiger partial charge < -0.3 is 5.73 Å². The van der Waals surface area contributed by atoms with Crippen LogP contribution in [0.3, 0.4) is 0 Å². The third kappa shape index (κ3) is 2.96. The molecule has 8 nitrogen and oxygen atoms in total. The lowest BCUT2D eigenvalue weighted by Crippen LogP contribution is -2.32. The third-order valence-electron chi connectivity index (χ3n) is 5.28. The smallest absolute Gasteiger partial charge is 0.269 e. The molecule has 2 atom stereocenters. The van der Waals surface area contributed by atoms with Crippen molar-refractivity contribution in [3.05, 3.63) is 53.8 Å². The van der Waals surface area contributed by atoms with Gasteiger partial charge in [0.25, 0.3) is 10.0 Å². The molecule has 3 aromatic rings. The summed E-state index contributed by atoms with van der Waals surface area (Å²) in [5, 5.41) is 16.8. The van der Waals surface area contributed by atoms with Crippen LogP contribution in [0.4, 0.5) is 0 Å². The van der Waals surface area contributed by atoms with Crippen molar-refractivity contribution in [1.82, 2.24) is 13.5 Å². The Labute approximate surface area is 162 Å². The average molecular weight is 398 g/mol. The number of aryl methyl sites for hydroxylation is 1. The van der Waals surface area contributed by atoms with Gasteiger partial charge in [-0.3, -0.25) is 15.4 Å². The van der Waals surface area contributed by atoms with E-state index in [2.05, 4.69) is 4.98 Å². The normalized spacial score (nSPS) is 19.9. The summed E-state index contributed by atoms with van der Waals surface area (Å²) in [6.07, 6.45) is 5.04. The molecule has 0 amide bonds. The number of hydrogen-bond acceptors (Lipinski definition) is 6. The molecular formula is C19H22N6O2S. The summed E-state index contributed by atoms with van der Waals surface area (Å²) in [4.78, 5) is 4.35. The number of nitrogens with zero attached hydrogens (tertiary/aromatic N) is 3. The Morgan fingerprint density at radius 3 is 2.57 bits per heavy atom. The minimum absolute atomic E-state index is 0.0449. The Morgan fingerprint density at radius 2 is 1.93 bits per heavy atom. The summed E-state index contributed by atoms with van der Waals surface area (Å²) in [7, 11) is -3.83. The van der Waals surface area contributed by atoms with Crippen LogP contribution in [0.1, 0.15) is 24.8 Å². The van der Waals surface area contributed by atoms with Crippen molar-refractivity contribution in [3.8, 4) is 0 Å². The quantitative estimate of drug-likeness (QED) is 0.459. The minimum atomic E-state index is -3.83. The van der Waals surface area contributed by atoms with E-state index < -0.39 is 10.0 Å². The highest BCUT2D eigenvalue weighted by molar-refractivity contribution is 7.90. The summed E-state index contributed by atoms with van der Waals surface area (Å²) in [6, 6.07) is 8.26. The van der Waals surface area contributed by atoms with Crippen LogP contribution in [0, 0.1) is 23.7 Å². The topological polar surface area (TPSA) is 131 Å². The Kier molecular flexibility index (Phi) is 4.43. The summed E-state index contributed by atoms with van der Waals surface area (Å²) in [6.45, 7) is 1.89. The number of fused-ring (bicyclic) bond motifs is 1. The molecule has 1 aliphatic rings. The molecule has 1 aliphatic carbocycles. The molecule has 1 aromatic carbocycles. The molecule has 0 aliphatic heterocycles. The minimum Gasteiger partial charge on any atom is -0.328 e. The first-order chi connectivity index (χ1) is 13.3. The number of nitrogens with one attached hydrogen (secondary N) is 2. The van der Waals surface area contributed by atoms with Crippen LogP contribution in [0.25, 0.3) is 11.2 Å². The second-order valence-electron chi connectivity index (χ2n) is 7.27. The van der Waals surface area contributed by atoms with E-state index in [4.69, 9.17) is 16.6 Å². The van der Waals surface area contributed by atoms with Gasteiger partial charge in [0.05, 0.1) is 16.6 Å². The van der Waals surface area contributed by atoms with E-state index in [9.17, 15) is 8.42 Å². The molecule has 0 radical (unpaired) electrons. The first-order valence-corrected chi connectivity index (χ1v) is 10.5. The van der Waals surface area contributed by atoms with Crippen molar-refractivity contribution in [3.63, 3.8) is 0 Å². The highest BCUT2D eigenvalue weighted by atomic mass is 32.2. The molecule has 0 spiro atoms. The van der Waals surface area contributed by atoms with Crippen molar-refractivity contribution in [2.24, 2.45) is 11.7 Å². The highest BCUT2D eigenvalue weighted by Gasteiger charge is 2.28. The van der Waals surface area contributed by atoms with Crippen LogP contribution in [-0.2, 0) is 10.0 Å². The van der Waals surface area contributed by atoms with E-state index in [1.165, 1.54) is 17.0 Å². The maximum atomic E-state index is 13.1. The van der Waals surface area contributed by atoms with E-state index >= 15 is 0 Å². The summed E-state index contributed by atoms with van der Waals surface area (Å²) in [5.41, 5.74) is 7.61. The van der Waals surface area contributed by atoms with E-state index in [1.807, 2.05) is 6.92 Å². The van der Waals surface area contributed by atoms with Crippen molar-refractivity contribution in [2.75, 3.05) is 0 Å². The predicted octanol–water partition coefficient (Wildman–Crippen LogP) is 1.82. The van der Waals surface area contributed by atoms with Gasteiger partial charge in [-0.1, -0.05) is 17.7 Å². The number of rotatable bonds is 3. The molecule has 2 aromatic heterocycles. The van der Waals surface area contributed by atoms with Gasteiger partial charge in [-0.15, -0.1) is 0 Å². The van der Waals surface area contributed by atoms with E-state index in [0.717, 1.165) is 22.4 Å². The molecule has 0 bridgehead atoms. The first kappa shape index (κ1) is 18.6. The lowest BCUT2D eigenvalue weighted by Gasteiger charge is -2.16. The molecule has 1 fully saturated rings. The second-order valence-corrected chi connectivity index (χ2v) is 9.09. The molecule has 1 saturated carbocycles. The SMILES string of the molecule is Cc1ccc(S(=O)(=O)n2ccc3c2ncc(=N)n3C(=N)[C@@H]2CC[C@@H](N)C2)cc1. The molecule has 28 heavy (non-hydrogen) atoms. The van der Waals surface area contributed by atoms with Gasteiger partial charge >= 0.3 is 0 Å². The largest absolute Gasteiger partial charge is 0.328 e. The zero-order valence-corrected chi connectivity index (χ0v) is 16.3. The predicted molar refractivity (Wildman–Crippen MR) is 106 cm³/mol. The fourth-order valence-electron chi connectivity index (χ4n) is 3.73. The first-order valence-electron chi connectivity index (χ1n) is 9.09. The third-order valence-corrected chi connectivity index (χ3v) is 6.96. The zero-order valence-electron chi connectivity index (χ0n) is 15.5. The average Bonchev–Trinajstić information content (AvgIpc) is 3.28. The van der Waals surface area contributed by atoms with E-state index in [-0.39, 0.29) is 33.8 Å². The number of nitrogens with two attached hydrogens (primary N) is 1. The zero-order chi connectivity index (χ0) is 20.1. The Hall–Kier alpha value is -2.78. The Morgan fingerprint density at radius 1 is 1.21 bits per heavy atom. The lowest BCUT2D eigenvalue weighted by atomic mass is 10.1. The molecule has 2 heterocycles. The van der Waals surface area contributed by atoms with Gasteiger partial charge in [0.1, 0.15) is 11.3 Å². The molecule has 0 saturated heterocycles. The highest BCUT2D eigenvalue weighted by Crippen LogP contribution is 2.27. The maximum Gasteiger partial charge on any atom is 0.269 e. The van der Waals surface area contributed by atoms with Crippen LogP contribution >= 0.6 is 0 Å². The van der Waals surface area contributed by atoms with Crippen LogP contribution in [0.2, 0.25) is 0 Å². The molecule has 146 valence electrons. The fourth-order valence-corrected chi connectivity index (χ4v) is 5.02. The summed E-state index contributed by atoms with van der Waals surface area (Å²) >= 11 is 0. The van der Waals surface area contributed by atoms with Crippen LogP contribution in [0.15, 0.2) is 47.6 Å². The summed E-state index contributed by atoms with van der Waals surface area (Å²) < 4.78 is 28.7. The molecule has 9 heteroatoms.